The van der Waals surface area contributed by atoms with E-state index in [2.05, 4.69) is 37.6 Å². The molecule has 2 heteroatoms. The number of nitrogens with one attached hydrogen (secondary N) is 1. The molecule has 0 aliphatic carbocycles. The number of nitrogens with zero attached hydrogens (tertiary/aromatic N) is 1. The molecule has 0 aromatic carbocycles. The molecule has 0 radical (unpaired) electrons. The van der Waals surface area contributed by atoms with Crippen LogP contribution in [0, 0.1) is 0 Å². The first-order valence-electron chi connectivity index (χ1n) is 5.25. The number of hydrogen-bond donors (Lipinski definition) is 1. The SMILES string of the molecule is C=C(C)CN1CC(C)NCC1CC. The monoisotopic (exact) mass is 182 g/mol. The van der Waals surface area contributed by atoms with Crippen LogP contribution >= 0.6 is 0 Å². The van der Waals surface area contributed by atoms with E-state index in [0.29, 0.717) is 12.1 Å². The third kappa shape index (κ3) is 3.12. The topological polar surface area (TPSA) is 15.3 Å². The van der Waals surface area contributed by atoms with Gasteiger partial charge in [0.05, 0.1) is 0 Å². The molecule has 1 N–H and O–H groups in total. The molecule has 0 amide bonds. The number of piperazine rings is 1. The zero-order valence-corrected chi connectivity index (χ0v) is 9.14. The molecule has 0 bridgehead atoms. The molecule has 13 heavy (non-hydrogen) atoms. The third-order valence-electron chi connectivity index (χ3n) is 2.67. The third-order valence-corrected chi connectivity index (χ3v) is 2.67. The van der Waals surface area contributed by atoms with Crippen LogP contribution in [0.1, 0.15) is 27.2 Å². The van der Waals surface area contributed by atoms with Gasteiger partial charge in [-0.15, -0.1) is 0 Å². The molecule has 0 saturated carbocycles. The van der Waals surface area contributed by atoms with Crippen LogP contribution in [-0.2, 0) is 0 Å². The number of hydrogen-bond acceptors (Lipinski definition) is 2. The molecule has 0 spiro atoms. The summed E-state index contributed by atoms with van der Waals surface area (Å²) >= 11 is 0. The molecule has 1 aliphatic heterocycles. The maximum absolute atomic E-state index is 3.98. The standard InChI is InChI=1S/C11H22N2/c1-5-11-6-12-10(4)8-13(11)7-9(2)3/h10-12H,2,5-8H2,1,3-4H3. The zero-order valence-electron chi connectivity index (χ0n) is 9.14. The van der Waals surface area contributed by atoms with Crippen molar-refractivity contribution in [3.05, 3.63) is 12.2 Å². The first-order chi connectivity index (χ1) is 6.13. The lowest BCUT2D eigenvalue weighted by atomic mass is 10.1. The lowest BCUT2D eigenvalue weighted by Crippen LogP contribution is -2.55. The Morgan fingerprint density at radius 3 is 2.85 bits per heavy atom. The van der Waals surface area contributed by atoms with E-state index >= 15 is 0 Å². The quantitative estimate of drug-likeness (QED) is 0.667. The van der Waals surface area contributed by atoms with Gasteiger partial charge in [0.1, 0.15) is 0 Å². The van der Waals surface area contributed by atoms with E-state index in [1.807, 2.05) is 0 Å². The summed E-state index contributed by atoms with van der Waals surface area (Å²) in [6, 6.07) is 1.33. The molecule has 1 saturated heterocycles. The van der Waals surface area contributed by atoms with Gasteiger partial charge in [0.25, 0.3) is 0 Å². The molecule has 1 heterocycles. The Labute approximate surface area is 82.0 Å². The van der Waals surface area contributed by atoms with Gasteiger partial charge < -0.3 is 5.32 Å². The second kappa shape index (κ2) is 4.77. The van der Waals surface area contributed by atoms with E-state index < -0.39 is 0 Å². The first-order valence-corrected chi connectivity index (χ1v) is 5.25. The van der Waals surface area contributed by atoms with E-state index in [1.54, 1.807) is 0 Å². The van der Waals surface area contributed by atoms with E-state index in [-0.39, 0.29) is 0 Å². The van der Waals surface area contributed by atoms with Crippen LogP contribution in [0.15, 0.2) is 12.2 Å². The lowest BCUT2D eigenvalue weighted by Gasteiger charge is -2.39. The predicted molar refractivity (Wildman–Crippen MR) is 57.9 cm³/mol. The van der Waals surface area contributed by atoms with E-state index in [4.69, 9.17) is 0 Å². The van der Waals surface area contributed by atoms with Crippen LogP contribution in [0.2, 0.25) is 0 Å². The molecule has 1 aliphatic rings. The zero-order chi connectivity index (χ0) is 9.84. The van der Waals surface area contributed by atoms with Crippen molar-refractivity contribution < 1.29 is 0 Å². The maximum Gasteiger partial charge on any atom is 0.0222 e. The summed E-state index contributed by atoms with van der Waals surface area (Å²) in [4.78, 5) is 2.55. The molecular weight excluding hydrogens is 160 g/mol. The van der Waals surface area contributed by atoms with E-state index in [0.717, 1.165) is 19.6 Å². The Morgan fingerprint density at radius 2 is 2.31 bits per heavy atom. The summed E-state index contributed by atoms with van der Waals surface area (Å²) in [7, 11) is 0. The van der Waals surface area contributed by atoms with Crippen molar-refractivity contribution in [1.29, 1.82) is 0 Å². The van der Waals surface area contributed by atoms with Gasteiger partial charge in [0.15, 0.2) is 0 Å². The highest BCUT2D eigenvalue weighted by molar-refractivity contribution is 4.96. The van der Waals surface area contributed by atoms with Crippen molar-refractivity contribution in [3.63, 3.8) is 0 Å². The summed E-state index contributed by atoms with van der Waals surface area (Å²) in [6.45, 7) is 13.9. The van der Waals surface area contributed by atoms with E-state index in [1.165, 1.54) is 12.0 Å². The van der Waals surface area contributed by atoms with Crippen molar-refractivity contribution in [2.24, 2.45) is 0 Å². The summed E-state index contributed by atoms with van der Waals surface area (Å²) in [6.07, 6.45) is 1.23. The van der Waals surface area contributed by atoms with Gasteiger partial charge in [0, 0.05) is 31.7 Å². The molecule has 1 fully saturated rings. The molecule has 0 aromatic rings. The van der Waals surface area contributed by atoms with Gasteiger partial charge in [-0.2, -0.15) is 0 Å². The predicted octanol–water partition coefficient (Wildman–Crippen LogP) is 1.63. The average Bonchev–Trinajstić information content (AvgIpc) is 2.03. The summed E-state index contributed by atoms with van der Waals surface area (Å²) < 4.78 is 0. The van der Waals surface area contributed by atoms with Gasteiger partial charge in [0.2, 0.25) is 0 Å². The normalized spacial score (nSPS) is 30.4. The van der Waals surface area contributed by atoms with Gasteiger partial charge in [-0.3, -0.25) is 4.90 Å². The highest BCUT2D eigenvalue weighted by atomic mass is 15.2. The second-order valence-electron chi connectivity index (χ2n) is 4.26. The van der Waals surface area contributed by atoms with Crippen LogP contribution in [0.25, 0.3) is 0 Å². The maximum atomic E-state index is 3.98. The number of rotatable bonds is 3. The van der Waals surface area contributed by atoms with Crippen LogP contribution < -0.4 is 5.32 Å². The highest BCUT2D eigenvalue weighted by Gasteiger charge is 2.23. The van der Waals surface area contributed by atoms with Crippen molar-refractivity contribution in [3.8, 4) is 0 Å². The average molecular weight is 182 g/mol. The fourth-order valence-electron chi connectivity index (χ4n) is 1.97. The molecule has 1 rings (SSSR count). The van der Waals surface area contributed by atoms with Crippen molar-refractivity contribution >= 4 is 0 Å². The smallest absolute Gasteiger partial charge is 0.0222 e. The lowest BCUT2D eigenvalue weighted by molar-refractivity contribution is 0.144. The first kappa shape index (κ1) is 10.7. The molecule has 2 nitrogen and oxygen atoms in total. The molecule has 0 aromatic heterocycles. The Kier molecular flexibility index (Phi) is 3.94. The minimum atomic E-state index is 0.627. The molecular formula is C11H22N2. The van der Waals surface area contributed by atoms with Crippen LogP contribution in [0.3, 0.4) is 0 Å². The van der Waals surface area contributed by atoms with Crippen LogP contribution in [-0.4, -0.2) is 36.6 Å². The Balaban J connectivity index is 2.49. The van der Waals surface area contributed by atoms with Gasteiger partial charge in [-0.25, -0.2) is 0 Å². The van der Waals surface area contributed by atoms with Crippen molar-refractivity contribution in [2.45, 2.75) is 39.3 Å². The summed E-state index contributed by atoms with van der Waals surface area (Å²) in [5, 5.41) is 3.51. The molecule has 76 valence electrons. The van der Waals surface area contributed by atoms with Crippen molar-refractivity contribution in [1.82, 2.24) is 10.2 Å². The van der Waals surface area contributed by atoms with Gasteiger partial charge in [-0.05, 0) is 20.3 Å². The minimum Gasteiger partial charge on any atom is -0.311 e. The van der Waals surface area contributed by atoms with Crippen molar-refractivity contribution in [2.75, 3.05) is 19.6 Å². The van der Waals surface area contributed by atoms with Gasteiger partial charge >= 0.3 is 0 Å². The molecule has 2 atom stereocenters. The fraction of sp³-hybridized carbons (Fsp3) is 0.818. The Bertz CT molecular complexity index is 177. The van der Waals surface area contributed by atoms with Crippen LogP contribution in [0.5, 0.6) is 0 Å². The summed E-state index contributed by atoms with van der Waals surface area (Å²) in [5.41, 5.74) is 1.27. The Hall–Kier alpha value is -0.340. The minimum absolute atomic E-state index is 0.627. The fourth-order valence-corrected chi connectivity index (χ4v) is 1.97. The largest absolute Gasteiger partial charge is 0.311 e. The second-order valence-corrected chi connectivity index (χ2v) is 4.26. The van der Waals surface area contributed by atoms with Gasteiger partial charge in [-0.1, -0.05) is 19.1 Å². The highest BCUT2D eigenvalue weighted by Crippen LogP contribution is 2.11. The van der Waals surface area contributed by atoms with E-state index in [9.17, 15) is 0 Å². The van der Waals surface area contributed by atoms with Crippen LogP contribution in [0.4, 0.5) is 0 Å². The molecule has 2 unspecified atom stereocenters. The Morgan fingerprint density at radius 1 is 1.62 bits per heavy atom. The summed E-state index contributed by atoms with van der Waals surface area (Å²) in [5.74, 6) is 0.